The number of aromatic nitrogens is 2. The maximum Gasteiger partial charge on any atom is 0.0963 e. The van der Waals surface area contributed by atoms with Gasteiger partial charge in [0.05, 0.1) is 11.7 Å². The summed E-state index contributed by atoms with van der Waals surface area (Å²) in [6.45, 7) is 2.13. The largest absolute Gasteiger partial charge is 0.373 e. The van der Waals surface area contributed by atoms with E-state index in [-0.39, 0.29) is 6.04 Å². The summed E-state index contributed by atoms with van der Waals surface area (Å²) in [4.78, 5) is 8.12. The monoisotopic (exact) mass is 439 g/mol. The summed E-state index contributed by atoms with van der Waals surface area (Å²) in [7, 11) is 0. The van der Waals surface area contributed by atoms with Gasteiger partial charge in [-0.15, -0.1) is 0 Å². The van der Waals surface area contributed by atoms with Crippen molar-refractivity contribution in [1.29, 1.82) is 0 Å². The number of para-hydroxylation sites is 1. The Hall–Kier alpha value is -2.34. The fraction of sp³-hybridized carbons (Fsp3) is 0.0952. The lowest BCUT2D eigenvalue weighted by Gasteiger charge is -2.20. The summed E-state index contributed by atoms with van der Waals surface area (Å²) in [5.41, 5.74) is 5.65. The van der Waals surface area contributed by atoms with Gasteiger partial charge in [0.1, 0.15) is 0 Å². The molecule has 4 heteroatoms. The summed E-state index contributed by atoms with van der Waals surface area (Å²) < 4.78 is 1.22. The molecule has 25 heavy (non-hydrogen) atoms. The lowest BCUT2D eigenvalue weighted by atomic mass is 9.99. The summed E-state index contributed by atoms with van der Waals surface area (Å²) >= 11 is 2.32. The minimum Gasteiger partial charge on any atom is -0.373 e. The van der Waals surface area contributed by atoms with Crippen molar-refractivity contribution in [3.05, 3.63) is 93.4 Å². The topological polar surface area (TPSA) is 40.7 Å². The molecule has 0 saturated heterocycles. The molecule has 3 nitrogen and oxygen atoms in total. The predicted octanol–water partition coefficient (Wildman–Crippen LogP) is 5.68. The number of nitrogens with zero attached hydrogens (tertiary/aromatic N) is 1. The van der Waals surface area contributed by atoms with Gasteiger partial charge >= 0.3 is 0 Å². The van der Waals surface area contributed by atoms with Gasteiger partial charge in [-0.1, -0.05) is 24.3 Å². The van der Waals surface area contributed by atoms with Gasteiger partial charge in [0.15, 0.2) is 0 Å². The number of hydrogen-bond acceptors (Lipinski definition) is 2. The highest BCUT2D eigenvalue weighted by molar-refractivity contribution is 14.1. The highest BCUT2D eigenvalue weighted by atomic mass is 127. The predicted molar refractivity (Wildman–Crippen MR) is 112 cm³/mol. The van der Waals surface area contributed by atoms with E-state index in [1.54, 1.807) is 0 Å². The van der Waals surface area contributed by atoms with E-state index in [2.05, 4.69) is 99.4 Å². The Morgan fingerprint density at radius 3 is 2.48 bits per heavy atom. The number of pyridine rings is 1. The molecular formula is C21H18IN3. The summed E-state index contributed by atoms with van der Waals surface area (Å²) in [5.74, 6) is 0. The molecule has 0 aliphatic heterocycles. The smallest absolute Gasteiger partial charge is 0.0963 e. The molecule has 0 amide bonds. The number of rotatable bonds is 4. The van der Waals surface area contributed by atoms with E-state index in [1.807, 2.05) is 18.3 Å². The van der Waals surface area contributed by atoms with Gasteiger partial charge in [0, 0.05) is 37.6 Å². The van der Waals surface area contributed by atoms with Crippen LogP contribution in [0.25, 0.3) is 10.9 Å². The molecule has 2 aromatic heterocycles. The average Bonchev–Trinajstić information content (AvgIpc) is 2.98. The maximum absolute atomic E-state index is 4.62. The number of H-pyrrole nitrogens is 1. The first-order valence-electron chi connectivity index (χ1n) is 8.22. The molecule has 1 unspecified atom stereocenters. The molecule has 0 spiro atoms. The highest BCUT2D eigenvalue weighted by Crippen LogP contribution is 2.33. The molecule has 2 aromatic carbocycles. The number of aromatic amines is 1. The summed E-state index contributed by atoms with van der Waals surface area (Å²) in [6, 6.07) is 22.9. The average molecular weight is 439 g/mol. The van der Waals surface area contributed by atoms with Crippen molar-refractivity contribution >= 4 is 39.2 Å². The first kappa shape index (κ1) is 16.1. The minimum absolute atomic E-state index is 0.0163. The molecule has 0 aliphatic rings. The zero-order valence-corrected chi connectivity index (χ0v) is 16.0. The van der Waals surface area contributed by atoms with Crippen LogP contribution < -0.4 is 5.32 Å². The molecule has 2 N–H and O–H groups in total. The zero-order valence-electron chi connectivity index (χ0n) is 13.8. The fourth-order valence-corrected chi connectivity index (χ4v) is 3.58. The van der Waals surface area contributed by atoms with Crippen LogP contribution in [0.4, 0.5) is 5.69 Å². The third kappa shape index (κ3) is 3.26. The second kappa shape index (κ2) is 6.88. The molecule has 0 bridgehead atoms. The van der Waals surface area contributed by atoms with Crippen LogP contribution in [0.1, 0.15) is 23.0 Å². The Morgan fingerprint density at radius 1 is 0.960 bits per heavy atom. The van der Waals surface area contributed by atoms with Crippen LogP contribution in [0.5, 0.6) is 0 Å². The van der Waals surface area contributed by atoms with E-state index in [1.165, 1.54) is 14.5 Å². The van der Waals surface area contributed by atoms with Gasteiger partial charge < -0.3 is 10.3 Å². The lowest BCUT2D eigenvalue weighted by molar-refractivity contribution is 0.884. The number of hydrogen-bond donors (Lipinski definition) is 2. The van der Waals surface area contributed by atoms with Crippen LogP contribution in [-0.2, 0) is 0 Å². The molecule has 4 rings (SSSR count). The van der Waals surface area contributed by atoms with E-state index in [0.29, 0.717) is 0 Å². The van der Waals surface area contributed by atoms with Crippen molar-refractivity contribution < 1.29 is 0 Å². The summed E-state index contributed by atoms with van der Waals surface area (Å²) in [6.07, 6.45) is 1.85. The van der Waals surface area contributed by atoms with E-state index < -0.39 is 0 Å². The Balaban J connectivity index is 1.85. The molecular weight excluding hydrogens is 421 g/mol. The first-order valence-corrected chi connectivity index (χ1v) is 9.30. The standard InChI is InChI=1S/C21H18IN3/c1-14-20(17-6-2-3-7-18(17)24-14)21(19-8-4-5-13-23-19)25-16-11-9-15(22)10-12-16/h2-13,21,24-25H,1H3. The highest BCUT2D eigenvalue weighted by Gasteiger charge is 2.21. The van der Waals surface area contributed by atoms with Crippen LogP contribution >= 0.6 is 22.6 Å². The van der Waals surface area contributed by atoms with Crippen molar-refractivity contribution in [3.8, 4) is 0 Å². The van der Waals surface area contributed by atoms with Crippen LogP contribution in [0.15, 0.2) is 72.9 Å². The van der Waals surface area contributed by atoms with Gasteiger partial charge in [-0.25, -0.2) is 0 Å². The van der Waals surface area contributed by atoms with Crippen LogP contribution in [0, 0.1) is 10.5 Å². The van der Waals surface area contributed by atoms with E-state index in [4.69, 9.17) is 0 Å². The third-order valence-corrected chi connectivity index (χ3v) is 5.09. The quantitative estimate of drug-likeness (QED) is 0.402. The molecule has 0 saturated carbocycles. The third-order valence-electron chi connectivity index (χ3n) is 4.37. The maximum atomic E-state index is 4.62. The van der Waals surface area contributed by atoms with E-state index >= 15 is 0 Å². The van der Waals surface area contributed by atoms with Gasteiger partial charge in [0.25, 0.3) is 0 Å². The molecule has 4 aromatic rings. The van der Waals surface area contributed by atoms with Crippen molar-refractivity contribution in [2.45, 2.75) is 13.0 Å². The van der Waals surface area contributed by atoms with Crippen LogP contribution in [0.3, 0.4) is 0 Å². The normalized spacial score (nSPS) is 12.2. The zero-order chi connectivity index (χ0) is 17.2. The number of halogens is 1. The fourth-order valence-electron chi connectivity index (χ4n) is 3.22. The van der Waals surface area contributed by atoms with Gasteiger partial charge in [-0.05, 0) is 72.0 Å². The Morgan fingerprint density at radius 2 is 1.72 bits per heavy atom. The van der Waals surface area contributed by atoms with Crippen LogP contribution in [0.2, 0.25) is 0 Å². The molecule has 0 radical (unpaired) electrons. The second-order valence-electron chi connectivity index (χ2n) is 6.05. The van der Waals surface area contributed by atoms with Crippen molar-refractivity contribution in [2.24, 2.45) is 0 Å². The van der Waals surface area contributed by atoms with E-state index in [0.717, 1.165) is 22.6 Å². The van der Waals surface area contributed by atoms with Crippen molar-refractivity contribution in [3.63, 3.8) is 0 Å². The Bertz CT molecular complexity index is 991. The van der Waals surface area contributed by atoms with Gasteiger partial charge in [0.2, 0.25) is 0 Å². The Kier molecular flexibility index (Phi) is 4.44. The lowest BCUT2D eigenvalue weighted by Crippen LogP contribution is -2.14. The van der Waals surface area contributed by atoms with Gasteiger partial charge in [-0.3, -0.25) is 4.98 Å². The first-order chi connectivity index (χ1) is 12.2. The molecule has 1 atom stereocenters. The SMILES string of the molecule is Cc1[nH]c2ccccc2c1C(Nc1ccc(I)cc1)c1ccccn1. The molecule has 0 fully saturated rings. The number of nitrogens with one attached hydrogen (secondary N) is 2. The minimum atomic E-state index is -0.0163. The van der Waals surface area contributed by atoms with Gasteiger partial charge in [-0.2, -0.15) is 0 Å². The van der Waals surface area contributed by atoms with Crippen LogP contribution in [-0.4, -0.2) is 9.97 Å². The number of benzene rings is 2. The second-order valence-corrected chi connectivity index (χ2v) is 7.29. The Labute approximate surface area is 160 Å². The molecule has 0 aliphatic carbocycles. The molecule has 2 heterocycles. The molecule has 124 valence electrons. The number of fused-ring (bicyclic) bond motifs is 1. The summed E-state index contributed by atoms with van der Waals surface area (Å²) in [5, 5.41) is 4.90. The van der Waals surface area contributed by atoms with E-state index in [9.17, 15) is 0 Å². The van der Waals surface area contributed by atoms with Crippen molar-refractivity contribution in [1.82, 2.24) is 9.97 Å². The van der Waals surface area contributed by atoms with Crippen molar-refractivity contribution in [2.75, 3.05) is 5.32 Å². The number of aryl methyl sites for hydroxylation is 1. The number of anilines is 1.